The molecule has 0 aromatic heterocycles. The Morgan fingerprint density at radius 3 is 1.25 bits per heavy atom. The van der Waals surface area contributed by atoms with E-state index in [1.165, 1.54) is 15.9 Å². The first-order valence-electron chi connectivity index (χ1n) is 0.258. The predicted octanol–water partition coefficient (Wildman–Crippen LogP) is -2.11. The van der Waals surface area contributed by atoms with Gasteiger partial charge in [0.25, 0.3) is 0 Å². The van der Waals surface area contributed by atoms with Gasteiger partial charge in [-0.2, -0.15) is 0 Å². The van der Waals surface area contributed by atoms with Crippen LogP contribution in [-0.2, 0) is 0 Å². The van der Waals surface area contributed by atoms with E-state index in [1.807, 2.05) is 0 Å². The van der Waals surface area contributed by atoms with Crippen molar-refractivity contribution in [2.75, 3.05) is 0 Å². The Bertz CT molecular complexity index is 12.8. The summed E-state index contributed by atoms with van der Waals surface area (Å²) in [7, 11) is 0. The molecule has 0 bridgehead atoms. The van der Waals surface area contributed by atoms with Crippen LogP contribution in [0.1, 0.15) is 0 Å². The van der Waals surface area contributed by atoms with E-state index in [-0.39, 0.29) is 15.6 Å². The number of hydrogen-bond acceptors (Lipinski definition) is 1. The van der Waals surface area contributed by atoms with Gasteiger partial charge < -0.3 is 5.48 Å². The van der Waals surface area contributed by atoms with Crippen molar-refractivity contribution >= 4 is 26.0 Å². The van der Waals surface area contributed by atoms with Crippen LogP contribution in [0.3, 0.4) is 0 Å². The van der Waals surface area contributed by atoms with Gasteiger partial charge >= 0.3 is 30.2 Å². The standard InChI is InChI=1S/Al.Be.N.H2O.2H/h;;;1H2;;. The molecule has 0 aliphatic heterocycles. The second kappa shape index (κ2) is 138. The zero-order valence-electron chi connectivity index (χ0n) is 1.52. The van der Waals surface area contributed by atoms with Crippen LogP contribution in [0.4, 0.5) is 0 Å². The van der Waals surface area contributed by atoms with Crippen LogP contribution in [0.2, 0.25) is 0 Å². The topological polar surface area (TPSA) is 55.3 Å². The molecule has 0 aromatic rings. The molecule has 0 amide bonds. The minimum absolute atomic E-state index is 0. The summed E-state index contributed by atoms with van der Waals surface area (Å²) >= 11 is 1.42. The SMILES string of the molecule is O.[BeH2].[N]#[Al]. The fourth-order valence-electron chi connectivity index (χ4n) is 0. The Kier molecular flexibility index (Phi) is 908. The monoisotopic (exact) mass is 70.0 g/mol. The van der Waals surface area contributed by atoms with E-state index in [1.54, 1.807) is 0 Å². The third-order valence-electron chi connectivity index (χ3n) is 0. The van der Waals surface area contributed by atoms with Gasteiger partial charge in [-0.05, 0) is 0 Å². The molecule has 4 heavy (non-hydrogen) atoms. The molecule has 0 spiro atoms. The van der Waals surface area contributed by atoms with E-state index >= 15 is 0 Å². The van der Waals surface area contributed by atoms with Crippen molar-refractivity contribution < 1.29 is 5.48 Å². The molecule has 2 N–H and O–H groups in total. The molecule has 0 aliphatic rings. The van der Waals surface area contributed by atoms with Crippen molar-refractivity contribution in [2.45, 2.75) is 0 Å². The van der Waals surface area contributed by atoms with Gasteiger partial charge in [-0.25, -0.2) is 0 Å². The van der Waals surface area contributed by atoms with E-state index in [2.05, 4.69) is 0 Å². The molecule has 0 fully saturated rings. The van der Waals surface area contributed by atoms with Crippen LogP contribution in [0, 0.1) is 4.17 Å². The molecular weight excluding hydrogens is 66.0 g/mol. The molecule has 0 saturated heterocycles. The fraction of sp³-hybridized carbons (Fsp3) is 0. The van der Waals surface area contributed by atoms with Crippen molar-refractivity contribution in [1.82, 2.24) is 0 Å². The van der Waals surface area contributed by atoms with Crippen molar-refractivity contribution in [3.8, 4) is 0 Å². The summed E-state index contributed by atoms with van der Waals surface area (Å²) in [5, 5.41) is 0. The zero-order chi connectivity index (χ0) is 2.00. The van der Waals surface area contributed by atoms with E-state index < -0.39 is 0 Å². The van der Waals surface area contributed by atoms with Gasteiger partial charge in [-0.15, -0.1) is 0 Å². The summed E-state index contributed by atoms with van der Waals surface area (Å²) < 4.78 is 6.92. The van der Waals surface area contributed by atoms with Crippen LogP contribution in [-0.4, -0.2) is 31.5 Å². The Morgan fingerprint density at radius 2 is 1.25 bits per heavy atom. The van der Waals surface area contributed by atoms with Gasteiger partial charge in [0, 0.05) is 0 Å². The minimum atomic E-state index is 0. The third kappa shape index (κ3) is 32.3. The van der Waals surface area contributed by atoms with Gasteiger partial charge in [0.05, 0.1) is 0 Å². The second-order valence-corrected chi connectivity index (χ2v) is 0. The number of nitrogens with zero attached hydrogens (tertiary/aromatic N) is 1. The molecule has 0 radical (unpaired) electrons. The summed E-state index contributed by atoms with van der Waals surface area (Å²) in [6.45, 7) is 0. The van der Waals surface area contributed by atoms with Gasteiger partial charge in [-0.1, -0.05) is 0 Å². The molecule has 0 saturated carbocycles. The normalized spacial score (nSPS) is 1.25. The van der Waals surface area contributed by atoms with Crippen LogP contribution in [0.25, 0.3) is 0 Å². The molecule has 0 unspecified atom stereocenters. The second-order valence-electron chi connectivity index (χ2n) is 0. The summed E-state index contributed by atoms with van der Waals surface area (Å²) in [6.07, 6.45) is 0. The molecule has 0 aromatic carbocycles. The Hall–Kier alpha value is 0.371. The maximum absolute atomic E-state index is 6.92. The quantitative estimate of drug-likeness (QED) is 0.301. The van der Waals surface area contributed by atoms with E-state index in [0.29, 0.717) is 0 Å². The molecule has 20 valence electrons. The Balaban J connectivity index is -0.00000000500. The van der Waals surface area contributed by atoms with Crippen molar-refractivity contribution in [3.05, 3.63) is 0 Å². The van der Waals surface area contributed by atoms with Crippen LogP contribution < -0.4 is 0 Å². The van der Waals surface area contributed by atoms with E-state index in [4.69, 9.17) is 4.17 Å². The average molecular weight is 70.0 g/mol. The molecule has 2 nitrogen and oxygen atoms in total. The van der Waals surface area contributed by atoms with Crippen molar-refractivity contribution in [2.24, 2.45) is 0 Å². The van der Waals surface area contributed by atoms with Gasteiger partial charge in [0.15, 0.2) is 0 Å². The molecular formula is H4AlBeNO. The maximum atomic E-state index is 6.92. The first-order valence-corrected chi connectivity index (χ1v) is 0.775. The van der Waals surface area contributed by atoms with Gasteiger partial charge in [0.2, 0.25) is 0 Å². The van der Waals surface area contributed by atoms with Crippen LogP contribution >= 0.6 is 0 Å². The molecule has 0 rings (SSSR count). The van der Waals surface area contributed by atoms with Gasteiger partial charge in [0.1, 0.15) is 0 Å². The fourth-order valence-corrected chi connectivity index (χ4v) is 0. The molecule has 0 atom stereocenters. The van der Waals surface area contributed by atoms with Gasteiger partial charge in [-0.3, -0.25) is 0 Å². The van der Waals surface area contributed by atoms with Crippen molar-refractivity contribution in [3.63, 3.8) is 0 Å². The summed E-state index contributed by atoms with van der Waals surface area (Å²) in [4.78, 5) is 0. The average Bonchev–Trinajstić information content (AvgIpc) is 1.00. The predicted molar refractivity (Wildman–Crippen MR) is 19.6 cm³/mol. The van der Waals surface area contributed by atoms with Crippen LogP contribution in [0.5, 0.6) is 0 Å². The molecule has 0 heterocycles. The van der Waals surface area contributed by atoms with Crippen LogP contribution in [0.15, 0.2) is 0 Å². The summed E-state index contributed by atoms with van der Waals surface area (Å²) in [5.74, 6) is 0. The van der Waals surface area contributed by atoms with E-state index in [9.17, 15) is 0 Å². The number of hydrogen-bond donors (Lipinski definition) is 0. The summed E-state index contributed by atoms with van der Waals surface area (Å²) in [6, 6.07) is 0. The Morgan fingerprint density at radius 1 is 1.25 bits per heavy atom. The number of rotatable bonds is 0. The third-order valence-corrected chi connectivity index (χ3v) is 0. The Labute approximate surface area is 36.4 Å². The molecule has 0 aliphatic carbocycles. The summed E-state index contributed by atoms with van der Waals surface area (Å²) in [5.41, 5.74) is 0. The van der Waals surface area contributed by atoms with E-state index in [0.717, 1.165) is 0 Å². The first-order chi connectivity index (χ1) is 1.00. The zero-order valence-corrected chi connectivity index (χ0v) is 2.68. The van der Waals surface area contributed by atoms with Crippen molar-refractivity contribution in [1.29, 1.82) is 4.17 Å². The molecule has 4 heteroatoms. The first kappa shape index (κ1) is 26.4.